The summed E-state index contributed by atoms with van der Waals surface area (Å²) in [7, 11) is 0. The molecule has 0 spiro atoms. The molecule has 3 aromatic rings. The quantitative estimate of drug-likeness (QED) is 0.516. The van der Waals surface area contributed by atoms with Crippen LogP contribution in [0.15, 0.2) is 48.9 Å². The van der Waals surface area contributed by atoms with Crippen LogP contribution >= 0.6 is 0 Å². The summed E-state index contributed by atoms with van der Waals surface area (Å²) in [6.45, 7) is 6.32. The van der Waals surface area contributed by atoms with Crippen LogP contribution in [-0.2, 0) is 4.74 Å². The van der Waals surface area contributed by atoms with Crippen molar-refractivity contribution in [3.8, 4) is 0 Å². The van der Waals surface area contributed by atoms with Gasteiger partial charge in [0.1, 0.15) is 17.8 Å². The molecule has 8 nitrogen and oxygen atoms in total. The van der Waals surface area contributed by atoms with Crippen LogP contribution in [0.3, 0.4) is 0 Å². The molecule has 1 aromatic carbocycles. The van der Waals surface area contributed by atoms with Gasteiger partial charge in [0.25, 0.3) is 0 Å². The Morgan fingerprint density at radius 2 is 1.72 bits per heavy atom. The van der Waals surface area contributed by atoms with Crippen LogP contribution in [0, 0.1) is 12.8 Å². The number of aromatic nitrogens is 3. The summed E-state index contributed by atoms with van der Waals surface area (Å²) >= 11 is 0. The Balaban J connectivity index is 1.72. The average molecular weight is 392 g/mol. The van der Waals surface area contributed by atoms with Gasteiger partial charge in [-0.1, -0.05) is 19.9 Å². The normalized spacial score (nSPS) is 10.6. The third-order valence-electron chi connectivity index (χ3n) is 4.06. The molecule has 0 fully saturated rings. The molecule has 4 N–H and O–H groups in total. The molecule has 0 radical (unpaired) electrons. The van der Waals surface area contributed by atoms with E-state index in [0.717, 1.165) is 11.3 Å². The van der Waals surface area contributed by atoms with Crippen LogP contribution in [0.25, 0.3) is 0 Å². The van der Waals surface area contributed by atoms with Crippen LogP contribution < -0.4 is 16.4 Å². The minimum atomic E-state index is -0.344. The number of nitrogen functional groups attached to an aromatic ring is 1. The van der Waals surface area contributed by atoms with Gasteiger partial charge in [0.05, 0.1) is 12.2 Å². The molecular formula is C21H24N6O2. The van der Waals surface area contributed by atoms with Gasteiger partial charge >= 0.3 is 5.97 Å². The predicted molar refractivity (Wildman–Crippen MR) is 114 cm³/mol. The molecule has 29 heavy (non-hydrogen) atoms. The highest BCUT2D eigenvalue weighted by Gasteiger charge is 2.12. The van der Waals surface area contributed by atoms with Crippen LogP contribution in [0.1, 0.15) is 29.8 Å². The first kappa shape index (κ1) is 20.1. The van der Waals surface area contributed by atoms with Crippen molar-refractivity contribution in [3.05, 3.63) is 60.0 Å². The molecule has 2 aromatic heterocycles. The van der Waals surface area contributed by atoms with Crippen LogP contribution in [0.5, 0.6) is 0 Å². The standard InChI is InChI=1S/C21H24N6O2/c1-13(2)11-29-21(28)15-6-8-16(9-7-15)26-19-17(22)20(25-12-24-19)27-18-14(3)5-4-10-23-18/h4-10,12-13H,11,22H2,1-3H3,(H2,23,24,25,26,27). The van der Waals surface area contributed by atoms with E-state index in [0.29, 0.717) is 41.2 Å². The molecule has 0 amide bonds. The van der Waals surface area contributed by atoms with Crippen molar-refractivity contribution < 1.29 is 9.53 Å². The Morgan fingerprint density at radius 3 is 2.38 bits per heavy atom. The number of ether oxygens (including phenoxy) is 1. The Labute approximate surface area is 169 Å². The fourth-order valence-corrected chi connectivity index (χ4v) is 2.48. The zero-order valence-corrected chi connectivity index (χ0v) is 16.6. The lowest BCUT2D eigenvalue weighted by atomic mass is 10.2. The second-order valence-corrected chi connectivity index (χ2v) is 6.97. The third kappa shape index (κ3) is 5.19. The zero-order chi connectivity index (χ0) is 20.8. The van der Waals surface area contributed by atoms with E-state index in [2.05, 4.69) is 25.6 Å². The van der Waals surface area contributed by atoms with Gasteiger partial charge in [-0.05, 0) is 48.7 Å². The highest BCUT2D eigenvalue weighted by Crippen LogP contribution is 2.28. The number of hydrogen-bond acceptors (Lipinski definition) is 8. The van der Waals surface area contributed by atoms with Gasteiger partial charge in [0.15, 0.2) is 11.6 Å². The number of benzene rings is 1. The molecule has 0 aliphatic rings. The van der Waals surface area contributed by atoms with Gasteiger partial charge in [0, 0.05) is 11.9 Å². The Kier molecular flexibility index (Phi) is 6.23. The van der Waals surface area contributed by atoms with Crippen molar-refractivity contribution in [2.45, 2.75) is 20.8 Å². The number of nitrogens with two attached hydrogens (primary N) is 1. The maximum Gasteiger partial charge on any atom is 0.338 e. The molecule has 3 rings (SSSR count). The van der Waals surface area contributed by atoms with E-state index in [1.807, 2.05) is 32.9 Å². The summed E-state index contributed by atoms with van der Waals surface area (Å²) in [6, 6.07) is 10.7. The number of rotatable bonds is 7. The molecular weight excluding hydrogens is 368 g/mol. The van der Waals surface area contributed by atoms with Crippen molar-refractivity contribution >= 4 is 34.8 Å². The number of carbonyl (C=O) groups excluding carboxylic acids is 1. The Bertz CT molecular complexity index is 989. The predicted octanol–water partition coefficient (Wildman–Crippen LogP) is 4.06. The number of pyridine rings is 1. The van der Waals surface area contributed by atoms with Crippen molar-refractivity contribution in [1.29, 1.82) is 0 Å². The third-order valence-corrected chi connectivity index (χ3v) is 4.06. The maximum absolute atomic E-state index is 12.0. The number of hydrogen-bond donors (Lipinski definition) is 3. The van der Waals surface area contributed by atoms with Crippen LogP contribution in [0.2, 0.25) is 0 Å². The summed E-state index contributed by atoms with van der Waals surface area (Å²) < 4.78 is 5.23. The number of anilines is 5. The molecule has 0 bridgehead atoms. The molecule has 150 valence electrons. The minimum absolute atomic E-state index is 0.290. The highest BCUT2D eigenvalue weighted by molar-refractivity contribution is 5.90. The molecule has 0 aliphatic heterocycles. The summed E-state index contributed by atoms with van der Waals surface area (Å²) in [4.78, 5) is 24.7. The topological polar surface area (TPSA) is 115 Å². The lowest BCUT2D eigenvalue weighted by molar-refractivity contribution is 0.0459. The summed E-state index contributed by atoms with van der Waals surface area (Å²) in [6.07, 6.45) is 3.11. The number of aryl methyl sites for hydroxylation is 1. The molecule has 0 unspecified atom stereocenters. The van der Waals surface area contributed by atoms with Crippen molar-refractivity contribution in [2.24, 2.45) is 5.92 Å². The summed E-state index contributed by atoms with van der Waals surface area (Å²) in [5, 5.41) is 6.27. The van der Waals surface area contributed by atoms with E-state index < -0.39 is 0 Å². The van der Waals surface area contributed by atoms with E-state index in [-0.39, 0.29) is 5.97 Å². The van der Waals surface area contributed by atoms with E-state index in [4.69, 9.17) is 10.5 Å². The lowest BCUT2D eigenvalue weighted by Crippen LogP contribution is -2.10. The second kappa shape index (κ2) is 9.01. The van der Waals surface area contributed by atoms with Crippen LogP contribution in [0.4, 0.5) is 28.8 Å². The Hall–Kier alpha value is -3.68. The maximum atomic E-state index is 12.0. The summed E-state index contributed by atoms with van der Waals surface area (Å²) in [5.74, 6) is 1.53. The number of carbonyl (C=O) groups is 1. The number of nitrogens with zero attached hydrogens (tertiary/aromatic N) is 3. The second-order valence-electron chi connectivity index (χ2n) is 6.97. The van der Waals surface area contributed by atoms with E-state index >= 15 is 0 Å². The fraction of sp³-hybridized carbons (Fsp3) is 0.238. The largest absolute Gasteiger partial charge is 0.462 e. The average Bonchev–Trinajstić information content (AvgIpc) is 2.71. The monoisotopic (exact) mass is 392 g/mol. The number of nitrogens with one attached hydrogen (secondary N) is 2. The van der Waals surface area contributed by atoms with Gasteiger partial charge in [-0.3, -0.25) is 0 Å². The molecule has 8 heteroatoms. The van der Waals surface area contributed by atoms with E-state index in [1.54, 1.807) is 30.5 Å². The van der Waals surface area contributed by atoms with Crippen LogP contribution in [-0.4, -0.2) is 27.5 Å². The molecule has 0 atom stereocenters. The molecule has 0 saturated heterocycles. The van der Waals surface area contributed by atoms with Gasteiger partial charge in [0.2, 0.25) is 0 Å². The first-order valence-electron chi connectivity index (χ1n) is 9.27. The van der Waals surface area contributed by atoms with Crippen molar-refractivity contribution in [3.63, 3.8) is 0 Å². The highest BCUT2D eigenvalue weighted by atomic mass is 16.5. The minimum Gasteiger partial charge on any atom is -0.462 e. The lowest BCUT2D eigenvalue weighted by Gasteiger charge is -2.13. The SMILES string of the molecule is Cc1cccnc1Nc1ncnc(Nc2ccc(C(=O)OCC(C)C)cc2)c1N. The fourth-order valence-electron chi connectivity index (χ4n) is 2.48. The van der Waals surface area contributed by atoms with Gasteiger partial charge in [-0.15, -0.1) is 0 Å². The van der Waals surface area contributed by atoms with Gasteiger partial charge in [-0.2, -0.15) is 0 Å². The molecule has 2 heterocycles. The number of esters is 1. The van der Waals surface area contributed by atoms with E-state index in [1.165, 1.54) is 6.33 Å². The molecule has 0 saturated carbocycles. The zero-order valence-electron chi connectivity index (χ0n) is 16.6. The smallest absolute Gasteiger partial charge is 0.338 e. The van der Waals surface area contributed by atoms with Gasteiger partial charge < -0.3 is 21.1 Å². The van der Waals surface area contributed by atoms with Gasteiger partial charge in [-0.25, -0.2) is 19.7 Å². The summed E-state index contributed by atoms with van der Waals surface area (Å²) in [5.41, 5.74) is 8.77. The van der Waals surface area contributed by atoms with Crippen molar-refractivity contribution in [2.75, 3.05) is 23.0 Å². The van der Waals surface area contributed by atoms with Crippen molar-refractivity contribution in [1.82, 2.24) is 15.0 Å². The first-order chi connectivity index (χ1) is 13.9. The first-order valence-corrected chi connectivity index (χ1v) is 9.27. The van der Waals surface area contributed by atoms with E-state index in [9.17, 15) is 4.79 Å². The Morgan fingerprint density at radius 1 is 1.03 bits per heavy atom. The molecule has 0 aliphatic carbocycles.